The summed E-state index contributed by atoms with van der Waals surface area (Å²) in [4.78, 5) is 4.68. The van der Waals surface area contributed by atoms with Crippen LogP contribution in [-0.4, -0.2) is 58.0 Å². The fraction of sp³-hybridized carbons (Fsp3) is 0.435. The average molecular weight is 443 g/mol. The summed E-state index contributed by atoms with van der Waals surface area (Å²) in [5.41, 5.74) is 1.24. The maximum Gasteiger partial charge on any atom is 0.243 e. The monoisotopic (exact) mass is 442 g/mol. The maximum atomic E-state index is 12.8. The highest BCUT2D eigenvalue weighted by molar-refractivity contribution is 7.89. The van der Waals surface area contributed by atoms with Gasteiger partial charge in [-0.3, -0.25) is 4.99 Å². The molecule has 1 atom stereocenters. The van der Waals surface area contributed by atoms with Gasteiger partial charge in [-0.1, -0.05) is 36.4 Å². The van der Waals surface area contributed by atoms with Crippen LogP contribution in [0.2, 0.25) is 0 Å². The zero-order chi connectivity index (χ0) is 21.7. The van der Waals surface area contributed by atoms with Crippen LogP contribution in [-0.2, 0) is 16.4 Å². The standard InChI is InChI=1S/C23H30N4O3S/c1-24-23(26-17-20-15-19-7-5-6-10-22(19)30-20)25-16-18-11-13-27(14-12-18)31(28,29)21-8-3-2-4-9-21/h2-10,18,20H,11-17H2,1H3,(H2,24,25,26). The van der Waals surface area contributed by atoms with E-state index < -0.39 is 10.0 Å². The number of para-hydroxylation sites is 1. The van der Waals surface area contributed by atoms with Gasteiger partial charge in [0.1, 0.15) is 11.9 Å². The summed E-state index contributed by atoms with van der Waals surface area (Å²) < 4.78 is 33.1. The van der Waals surface area contributed by atoms with E-state index in [1.54, 1.807) is 35.6 Å². The number of sulfonamides is 1. The number of rotatable bonds is 6. The quantitative estimate of drug-likeness (QED) is 0.530. The summed E-state index contributed by atoms with van der Waals surface area (Å²) in [5.74, 6) is 2.13. The van der Waals surface area contributed by atoms with Gasteiger partial charge in [-0.25, -0.2) is 8.42 Å². The predicted octanol–water partition coefficient (Wildman–Crippen LogP) is 2.26. The first-order valence-electron chi connectivity index (χ1n) is 10.8. The molecule has 0 bridgehead atoms. The first-order valence-corrected chi connectivity index (χ1v) is 12.2. The Labute approximate surface area is 184 Å². The van der Waals surface area contributed by atoms with Crippen molar-refractivity contribution < 1.29 is 13.2 Å². The lowest BCUT2D eigenvalue weighted by Crippen LogP contribution is -2.46. The Kier molecular flexibility index (Phi) is 6.77. The molecule has 0 radical (unpaired) electrons. The van der Waals surface area contributed by atoms with Crippen LogP contribution in [0.1, 0.15) is 18.4 Å². The number of aliphatic imine (C=N–C) groups is 1. The molecule has 0 aliphatic carbocycles. The summed E-state index contributed by atoms with van der Waals surface area (Å²) in [7, 11) is -1.64. The van der Waals surface area contributed by atoms with E-state index >= 15 is 0 Å². The van der Waals surface area contributed by atoms with Crippen LogP contribution in [0.4, 0.5) is 0 Å². The number of fused-ring (bicyclic) bond motifs is 1. The molecule has 0 spiro atoms. The van der Waals surface area contributed by atoms with Crippen LogP contribution in [0.25, 0.3) is 0 Å². The fourth-order valence-corrected chi connectivity index (χ4v) is 5.63. The zero-order valence-electron chi connectivity index (χ0n) is 17.8. The second-order valence-corrected chi connectivity index (χ2v) is 9.98. The molecule has 2 aliphatic rings. The SMILES string of the molecule is CN=C(NCC1CCN(S(=O)(=O)c2ccccc2)CC1)NCC1Cc2ccccc2O1. The van der Waals surface area contributed by atoms with Gasteiger partial charge in [0, 0.05) is 33.1 Å². The van der Waals surface area contributed by atoms with Crippen molar-refractivity contribution in [1.82, 2.24) is 14.9 Å². The van der Waals surface area contributed by atoms with Gasteiger partial charge in [-0.15, -0.1) is 0 Å². The van der Waals surface area contributed by atoms with E-state index in [9.17, 15) is 8.42 Å². The van der Waals surface area contributed by atoms with E-state index in [-0.39, 0.29) is 6.10 Å². The van der Waals surface area contributed by atoms with Crippen LogP contribution in [0.3, 0.4) is 0 Å². The molecule has 0 amide bonds. The van der Waals surface area contributed by atoms with Gasteiger partial charge in [0.25, 0.3) is 0 Å². The lowest BCUT2D eigenvalue weighted by atomic mass is 9.98. The van der Waals surface area contributed by atoms with Crippen molar-refractivity contribution in [3.63, 3.8) is 0 Å². The normalized spacial score (nSPS) is 20.2. The second kappa shape index (κ2) is 9.70. The molecule has 7 nitrogen and oxygen atoms in total. The molecule has 2 aliphatic heterocycles. The minimum Gasteiger partial charge on any atom is -0.488 e. The van der Waals surface area contributed by atoms with Crippen LogP contribution in [0.5, 0.6) is 5.75 Å². The molecule has 4 rings (SSSR count). The first kappa shape index (κ1) is 21.6. The lowest BCUT2D eigenvalue weighted by Gasteiger charge is -2.31. The topological polar surface area (TPSA) is 83.0 Å². The largest absolute Gasteiger partial charge is 0.488 e. The third kappa shape index (κ3) is 5.19. The molecular weight excluding hydrogens is 412 g/mol. The number of nitrogens with zero attached hydrogens (tertiary/aromatic N) is 2. The first-order chi connectivity index (χ1) is 15.1. The number of hydrogen-bond acceptors (Lipinski definition) is 4. The van der Waals surface area contributed by atoms with E-state index in [4.69, 9.17) is 4.74 Å². The molecule has 0 aromatic heterocycles. The maximum absolute atomic E-state index is 12.8. The Morgan fingerprint density at radius 3 is 2.42 bits per heavy atom. The molecule has 166 valence electrons. The Morgan fingerprint density at radius 1 is 1.03 bits per heavy atom. The Balaban J connectivity index is 1.20. The van der Waals surface area contributed by atoms with E-state index in [1.807, 2.05) is 24.3 Å². The van der Waals surface area contributed by atoms with Crippen molar-refractivity contribution in [2.45, 2.75) is 30.3 Å². The van der Waals surface area contributed by atoms with Crippen molar-refractivity contribution in [3.05, 3.63) is 60.2 Å². The van der Waals surface area contributed by atoms with Gasteiger partial charge >= 0.3 is 0 Å². The highest BCUT2D eigenvalue weighted by Gasteiger charge is 2.29. The fourth-order valence-electron chi connectivity index (χ4n) is 4.14. The Bertz CT molecular complexity index is 977. The molecule has 1 fully saturated rings. The van der Waals surface area contributed by atoms with E-state index in [0.717, 1.165) is 37.5 Å². The molecule has 0 saturated carbocycles. The zero-order valence-corrected chi connectivity index (χ0v) is 18.6. The van der Waals surface area contributed by atoms with E-state index in [1.165, 1.54) is 5.56 Å². The molecule has 2 heterocycles. The Hall–Kier alpha value is -2.58. The number of piperidine rings is 1. The number of hydrogen-bond donors (Lipinski definition) is 2. The average Bonchev–Trinajstić information content (AvgIpc) is 3.23. The summed E-state index contributed by atoms with van der Waals surface area (Å²) in [6, 6.07) is 16.8. The summed E-state index contributed by atoms with van der Waals surface area (Å²) in [6.07, 6.45) is 2.66. The molecule has 2 aromatic rings. The van der Waals surface area contributed by atoms with Crippen LogP contribution < -0.4 is 15.4 Å². The van der Waals surface area contributed by atoms with Crippen molar-refractivity contribution in [2.24, 2.45) is 10.9 Å². The van der Waals surface area contributed by atoms with Gasteiger partial charge in [0.05, 0.1) is 11.4 Å². The third-order valence-corrected chi connectivity index (χ3v) is 7.86. The molecule has 8 heteroatoms. The van der Waals surface area contributed by atoms with Crippen LogP contribution in [0.15, 0.2) is 64.5 Å². The molecule has 2 aromatic carbocycles. The van der Waals surface area contributed by atoms with Gasteiger partial charge < -0.3 is 15.4 Å². The smallest absolute Gasteiger partial charge is 0.243 e. The minimum atomic E-state index is -3.40. The van der Waals surface area contributed by atoms with E-state index in [2.05, 4.69) is 21.7 Å². The van der Waals surface area contributed by atoms with E-state index in [0.29, 0.717) is 30.4 Å². The molecular formula is C23H30N4O3S. The molecule has 2 N–H and O–H groups in total. The predicted molar refractivity (Wildman–Crippen MR) is 122 cm³/mol. The highest BCUT2D eigenvalue weighted by atomic mass is 32.2. The van der Waals surface area contributed by atoms with Gasteiger partial charge in [0.2, 0.25) is 10.0 Å². The van der Waals surface area contributed by atoms with Gasteiger partial charge in [-0.05, 0) is 42.5 Å². The van der Waals surface area contributed by atoms with Crippen LogP contribution in [0, 0.1) is 5.92 Å². The number of nitrogens with one attached hydrogen (secondary N) is 2. The summed E-state index contributed by atoms with van der Waals surface area (Å²) in [5, 5.41) is 6.73. The molecule has 1 unspecified atom stereocenters. The van der Waals surface area contributed by atoms with Crippen molar-refractivity contribution in [1.29, 1.82) is 0 Å². The lowest BCUT2D eigenvalue weighted by molar-refractivity contribution is 0.234. The Morgan fingerprint density at radius 2 is 1.71 bits per heavy atom. The van der Waals surface area contributed by atoms with Crippen LogP contribution >= 0.6 is 0 Å². The molecule has 1 saturated heterocycles. The van der Waals surface area contributed by atoms with Gasteiger partial charge in [-0.2, -0.15) is 4.31 Å². The number of benzene rings is 2. The number of guanidine groups is 1. The highest BCUT2D eigenvalue weighted by Crippen LogP contribution is 2.27. The molecule has 31 heavy (non-hydrogen) atoms. The summed E-state index contributed by atoms with van der Waals surface area (Å²) >= 11 is 0. The summed E-state index contributed by atoms with van der Waals surface area (Å²) in [6.45, 7) is 2.54. The third-order valence-electron chi connectivity index (χ3n) is 5.95. The second-order valence-electron chi connectivity index (χ2n) is 8.05. The number of ether oxygens (including phenoxy) is 1. The van der Waals surface area contributed by atoms with Crippen molar-refractivity contribution in [2.75, 3.05) is 33.2 Å². The van der Waals surface area contributed by atoms with Crippen molar-refractivity contribution >= 4 is 16.0 Å². The van der Waals surface area contributed by atoms with Gasteiger partial charge in [0.15, 0.2) is 5.96 Å². The minimum absolute atomic E-state index is 0.0994. The van der Waals surface area contributed by atoms with Crippen molar-refractivity contribution in [3.8, 4) is 5.75 Å².